The Bertz CT molecular complexity index is 754. The second kappa shape index (κ2) is 8.05. The van der Waals surface area contributed by atoms with Gasteiger partial charge in [-0.2, -0.15) is 0 Å². The molecule has 1 saturated carbocycles. The van der Waals surface area contributed by atoms with Gasteiger partial charge in [0, 0.05) is 5.41 Å². The van der Waals surface area contributed by atoms with Crippen LogP contribution in [0.4, 0.5) is 0 Å². The lowest BCUT2D eigenvalue weighted by atomic mass is 9.54. The number of fused-ring (bicyclic) bond motifs is 3. The van der Waals surface area contributed by atoms with E-state index in [2.05, 4.69) is 76.2 Å². The monoisotopic (exact) mass is 374 g/mol. The molecule has 1 fully saturated rings. The van der Waals surface area contributed by atoms with E-state index in [1.165, 1.54) is 56.1 Å². The molecule has 0 aliphatic heterocycles. The maximum Gasteiger partial charge on any atom is 0.0246 e. The minimum atomic E-state index is 0.214. The van der Waals surface area contributed by atoms with Crippen molar-refractivity contribution in [3.63, 3.8) is 0 Å². The lowest BCUT2D eigenvalue weighted by Gasteiger charge is -2.49. The van der Waals surface area contributed by atoms with Crippen LogP contribution in [0, 0.1) is 23.7 Å². The fraction of sp³-hybridized carbons (Fsp3) is 0.571. The highest BCUT2D eigenvalue weighted by molar-refractivity contribution is 5.81. The third-order valence-corrected chi connectivity index (χ3v) is 7.94. The molecule has 0 N–H and O–H groups in total. The summed E-state index contributed by atoms with van der Waals surface area (Å²) in [7, 11) is 0. The first-order chi connectivity index (χ1) is 13.6. The van der Waals surface area contributed by atoms with Crippen molar-refractivity contribution >= 4 is 0 Å². The Morgan fingerprint density at radius 2 is 1.50 bits per heavy atom. The van der Waals surface area contributed by atoms with Crippen LogP contribution in [0.25, 0.3) is 11.1 Å². The smallest absolute Gasteiger partial charge is 0.0246 e. The summed E-state index contributed by atoms with van der Waals surface area (Å²) >= 11 is 0. The third kappa shape index (κ3) is 3.14. The van der Waals surface area contributed by atoms with E-state index in [1.807, 2.05) is 0 Å². The van der Waals surface area contributed by atoms with Crippen LogP contribution in [0.15, 0.2) is 48.5 Å². The number of unbranched alkanes of at least 4 members (excludes halogenated alkanes) is 2. The van der Waals surface area contributed by atoms with Crippen molar-refractivity contribution in [3.05, 3.63) is 59.7 Å². The first-order valence-electron chi connectivity index (χ1n) is 11.8. The second-order valence-corrected chi connectivity index (χ2v) is 9.95. The lowest BCUT2D eigenvalue weighted by Crippen LogP contribution is -2.44. The van der Waals surface area contributed by atoms with Crippen molar-refractivity contribution in [2.45, 2.75) is 78.1 Å². The summed E-state index contributed by atoms with van der Waals surface area (Å²) in [5.74, 6) is 3.21. The van der Waals surface area contributed by atoms with Gasteiger partial charge in [-0.15, -0.1) is 0 Å². The lowest BCUT2D eigenvalue weighted by molar-refractivity contribution is 0.0826. The highest BCUT2D eigenvalue weighted by Gasteiger charge is 2.51. The van der Waals surface area contributed by atoms with E-state index in [-0.39, 0.29) is 5.41 Å². The molecule has 0 bridgehead atoms. The van der Waals surface area contributed by atoms with Crippen molar-refractivity contribution in [1.82, 2.24) is 0 Å². The Morgan fingerprint density at radius 1 is 0.893 bits per heavy atom. The molecule has 0 heteroatoms. The number of hydrogen-bond acceptors (Lipinski definition) is 0. The maximum absolute atomic E-state index is 2.50. The van der Waals surface area contributed by atoms with Crippen LogP contribution < -0.4 is 0 Å². The fourth-order valence-electron chi connectivity index (χ4n) is 6.64. The maximum atomic E-state index is 2.50. The van der Waals surface area contributed by atoms with Crippen LogP contribution >= 0.6 is 0 Å². The Morgan fingerprint density at radius 3 is 2.07 bits per heavy atom. The van der Waals surface area contributed by atoms with Crippen LogP contribution in [-0.2, 0) is 5.41 Å². The minimum absolute atomic E-state index is 0.214. The summed E-state index contributed by atoms with van der Waals surface area (Å²) in [6.45, 7) is 9.78. The molecular weight excluding hydrogens is 336 g/mol. The van der Waals surface area contributed by atoms with Crippen molar-refractivity contribution in [3.8, 4) is 11.1 Å². The van der Waals surface area contributed by atoms with Gasteiger partial charge >= 0.3 is 0 Å². The van der Waals surface area contributed by atoms with Gasteiger partial charge in [0.25, 0.3) is 0 Å². The molecule has 3 atom stereocenters. The van der Waals surface area contributed by atoms with Gasteiger partial charge in [0.05, 0.1) is 0 Å². The molecule has 3 unspecified atom stereocenters. The first kappa shape index (κ1) is 19.7. The molecule has 150 valence electrons. The van der Waals surface area contributed by atoms with Gasteiger partial charge in [0.2, 0.25) is 0 Å². The molecule has 4 rings (SSSR count). The Hall–Kier alpha value is -1.56. The standard InChI is InChI=1S/C28H38/c1-5-6-11-18-28(27-19-21(4)16-17-22(27)20(2)3)25-14-9-7-12-23(25)24-13-8-10-15-26(24)28/h7-10,12-15,20-22,27H,5-6,11,16-19H2,1-4H3. The van der Waals surface area contributed by atoms with Gasteiger partial charge in [-0.1, -0.05) is 102 Å². The number of hydrogen-bond donors (Lipinski definition) is 0. The summed E-state index contributed by atoms with van der Waals surface area (Å²) in [6, 6.07) is 18.8. The average molecular weight is 375 g/mol. The molecule has 0 amide bonds. The fourth-order valence-corrected chi connectivity index (χ4v) is 6.64. The molecule has 0 spiro atoms. The number of rotatable bonds is 6. The van der Waals surface area contributed by atoms with E-state index in [0.29, 0.717) is 0 Å². The Labute approximate surface area is 172 Å². The normalized spacial score (nSPS) is 25.5. The molecule has 2 aliphatic carbocycles. The zero-order chi connectivity index (χ0) is 19.7. The highest BCUT2D eigenvalue weighted by Crippen LogP contribution is 2.60. The predicted molar refractivity (Wildman–Crippen MR) is 122 cm³/mol. The summed E-state index contributed by atoms with van der Waals surface area (Å²) in [5.41, 5.74) is 6.51. The van der Waals surface area contributed by atoms with Gasteiger partial charge in [-0.05, 0) is 65.2 Å². The van der Waals surface area contributed by atoms with Crippen LogP contribution in [0.5, 0.6) is 0 Å². The van der Waals surface area contributed by atoms with Crippen molar-refractivity contribution in [1.29, 1.82) is 0 Å². The van der Waals surface area contributed by atoms with E-state index in [9.17, 15) is 0 Å². The quantitative estimate of drug-likeness (QED) is 0.446. The molecule has 0 saturated heterocycles. The molecule has 2 aromatic rings. The topological polar surface area (TPSA) is 0 Å². The largest absolute Gasteiger partial charge is 0.0654 e. The second-order valence-electron chi connectivity index (χ2n) is 9.95. The molecule has 0 aromatic heterocycles. The summed E-state index contributed by atoms with van der Waals surface area (Å²) in [5, 5.41) is 0. The van der Waals surface area contributed by atoms with Crippen molar-refractivity contribution < 1.29 is 0 Å². The molecule has 2 aromatic carbocycles. The molecule has 0 heterocycles. The SMILES string of the molecule is CCCCCC1(C2CC(C)CCC2C(C)C)c2ccccc2-c2ccccc21. The predicted octanol–water partition coefficient (Wildman–Crippen LogP) is 8.24. The van der Waals surface area contributed by atoms with Gasteiger partial charge in [-0.25, -0.2) is 0 Å². The van der Waals surface area contributed by atoms with E-state index in [4.69, 9.17) is 0 Å². The van der Waals surface area contributed by atoms with Gasteiger partial charge in [0.15, 0.2) is 0 Å². The van der Waals surface area contributed by atoms with Crippen LogP contribution in [0.1, 0.15) is 83.8 Å². The van der Waals surface area contributed by atoms with Crippen molar-refractivity contribution in [2.24, 2.45) is 23.7 Å². The van der Waals surface area contributed by atoms with Crippen LogP contribution in [0.3, 0.4) is 0 Å². The number of benzene rings is 2. The summed E-state index contributed by atoms with van der Waals surface area (Å²) in [4.78, 5) is 0. The molecular formula is C28H38. The van der Waals surface area contributed by atoms with Crippen LogP contribution in [0.2, 0.25) is 0 Å². The zero-order valence-corrected chi connectivity index (χ0v) is 18.4. The Balaban J connectivity index is 1.92. The summed E-state index contributed by atoms with van der Waals surface area (Å²) in [6.07, 6.45) is 9.51. The van der Waals surface area contributed by atoms with E-state index in [0.717, 1.165) is 23.7 Å². The van der Waals surface area contributed by atoms with E-state index < -0.39 is 0 Å². The molecule has 28 heavy (non-hydrogen) atoms. The minimum Gasteiger partial charge on any atom is -0.0654 e. The highest BCUT2D eigenvalue weighted by atomic mass is 14.5. The van der Waals surface area contributed by atoms with Gasteiger partial charge < -0.3 is 0 Å². The molecule has 0 nitrogen and oxygen atoms in total. The summed E-state index contributed by atoms with van der Waals surface area (Å²) < 4.78 is 0. The van der Waals surface area contributed by atoms with Crippen molar-refractivity contribution in [2.75, 3.05) is 0 Å². The molecule has 2 aliphatic rings. The average Bonchev–Trinajstić information content (AvgIpc) is 2.99. The van der Waals surface area contributed by atoms with E-state index in [1.54, 1.807) is 11.1 Å². The van der Waals surface area contributed by atoms with Gasteiger partial charge in [-0.3, -0.25) is 0 Å². The van der Waals surface area contributed by atoms with Crippen LogP contribution in [-0.4, -0.2) is 0 Å². The third-order valence-electron chi connectivity index (χ3n) is 7.94. The molecule has 0 radical (unpaired) electrons. The zero-order valence-electron chi connectivity index (χ0n) is 18.4. The first-order valence-corrected chi connectivity index (χ1v) is 11.8. The van der Waals surface area contributed by atoms with Gasteiger partial charge in [0.1, 0.15) is 0 Å². The Kier molecular flexibility index (Phi) is 5.68. The van der Waals surface area contributed by atoms with E-state index >= 15 is 0 Å².